The van der Waals surface area contributed by atoms with Gasteiger partial charge in [-0.3, -0.25) is 4.78 Å². The summed E-state index contributed by atoms with van der Waals surface area (Å²) in [5, 5.41) is 0. The van der Waals surface area contributed by atoms with Crippen LogP contribution in [0, 0.1) is 4.78 Å². The summed E-state index contributed by atoms with van der Waals surface area (Å²) < 4.78 is 18.3. The van der Waals surface area contributed by atoms with Crippen LogP contribution >= 0.6 is 0 Å². The smallest absolute Gasteiger partial charge is 0.0441 e. The largest absolute Gasteiger partial charge is 0.253 e. The highest BCUT2D eigenvalue weighted by molar-refractivity contribution is 7.92. The highest BCUT2D eigenvalue weighted by Crippen LogP contribution is 1.96. The molecule has 0 unspecified atom stereocenters. The lowest BCUT2D eigenvalue weighted by atomic mass is 10.6. The average molecular weight is 149 g/mol. The molecule has 0 aliphatic carbocycles. The van der Waals surface area contributed by atoms with Gasteiger partial charge in [-0.25, -0.2) is 4.21 Å². The molecule has 0 aliphatic rings. The van der Waals surface area contributed by atoms with Crippen LogP contribution in [0.2, 0.25) is 0 Å². The zero-order valence-corrected chi connectivity index (χ0v) is 6.96. The molecule has 0 spiro atoms. The standard InChI is InChI=1S/C6H15NOS/c1-3-5-9(7,8)6-4-2/h7H,3-6H2,1-2H3. The van der Waals surface area contributed by atoms with E-state index in [9.17, 15) is 4.21 Å². The van der Waals surface area contributed by atoms with Gasteiger partial charge in [-0.2, -0.15) is 0 Å². The molecule has 9 heavy (non-hydrogen) atoms. The van der Waals surface area contributed by atoms with Gasteiger partial charge in [-0.05, 0) is 12.8 Å². The summed E-state index contributed by atoms with van der Waals surface area (Å²) in [7, 11) is -2.18. The van der Waals surface area contributed by atoms with Crippen LogP contribution in [0.15, 0.2) is 0 Å². The van der Waals surface area contributed by atoms with Crippen molar-refractivity contribution >= 4 is 9.73 Å². The first kappa shape index (κ1) is 8.95. The molecule has 0 aromatic heterocycles. The molecule has 0 saturated carbocycles. The van der Waals surface area contributed by atoms with Crippen LogP contribution in [-0.4, -0.2) is 15.7 Å². The molecule has 0 radical (unpaired) electrons. The van der Waals surface area contributed by atoms with Crippen LogP contribution in [-0.2, 0) is 9.73 Å². The Bertz CT molecular complexity index is 136. The molecule has 0 amide bonds. The average Bonchev–Trinajstić information content (AvgIpc) is 1.64. The van der Waals surface area contributed by atoms with Gasteiger partial charge in [0.2, 0.25) is 0 Å². The van der Waals surface area contributed by atoms with Crippen LogP contribution in [0.4, 0.5) is 0 Å². The van der Waals surface area contributed by atoms with Crippen LogP contribution in [0.3, 0.4) is 0 Å². The molecule has 0 rings (SSSR count). The summed E-state index contributed by atoms with van der Waals surface area (Å²) in [6.45, 7) is 3.92. The molecule has 3 heteroatoms. The molecule has 0 aromatic rings. The molecule has 0 atom stereocenters. The summed E-state index contributed by atoms with van der Waals surface area (Å²) in [6, 6.07) is 0. The second-order valence-electron chi connectivity index (χ2n) is 2.22. The highest BCUT2D eigenvalue weighted by Gasteiger charge is 2.00. The van der Waals surface area contributed by atoms with Crippen LogP contribution in [0.5, 0.6) is 0 Å². The quantitative estimate of drug-likeness (QED) is 0.651. The van der Waals surface area contributed by atoms with Crippen molar-refractivity contribution in [3.8, 4) is 0 Å². The van der Waals surface area contributed by atoms with Crippen molar-refractivity contribution in [2.75, 3.05) is 11.5 Å². The molecule has 2 nitrogen and oxygen atoms in total. The van der Waals surface area contributed by atoms with Crippen LogP contribution in [0.1, 0.15) is 26.7 Å². The van der Waals surface area contributed by atoms with Gasteiger partial charge in [0.25, 0.3) is 0 Å². The molecular formula is C6H15NOS. The predicted molar refractivity (Wildman–Crippen MR) is 41.2 cm³/mol. The van der Waals surface area contributed by atoms with E-state index in [2.05, 4.69) is 0 Å². The first-order chi connectivity index (χ1) is 4.12. The van der Waals surface area contributed by atoms with Crippen molar-refractivity contribution < 1.29 is 4.21 Å². The number of hydrogen-bond acceptors (Lipinski definition) is 2. The fraction of sp³-hybridized carbons (Fsp3) is 1.00. The fourth-order valence-corrected chi connectivity index (χ4v) is 2.28. The fourth-order valence-electron chi connectivity index (χ4n) is 0.762. The normalized spacial score (nSPS) is 11.8. The number of rotatable bonds is 4. The van der Waals surface area contributed by atoms with Crippen molar-refractivity contribution in [2.45, 2.75) is 26.7 Å². The van der Waals surface area contributed by atoms with Crippen LogP contribution in [0.25, 0.3) is 0 Å². The Balaban J connectivity index is 3.73. The molecular weight excluding hydrogens is 134 g/mol. The van der Waals surface area contributed by atoms with Crippen molar-refractivity contribution in [1.82, 2.24) is 0 Å². The Kier molecular flexibility index (Phi) is 3.86. The maximum atomic E-state index is 11.1. The van der Waals surface area contributed by atoms with E-state index >= 15 is 0 Å². The van der Waals surface area contributed by atoms with Gasteiger partial charge >= 0.3 is 0 Å². The lowest BCUT2D eigenvalue weighted by Gasteiger charge is -2.01. The monoisotopic (exact) mass is 149 g/mol. The minimum Gasteiger partial charge on any atom is -0.253 e. The maximum Gasteiger partial charge on any atom is 0.0441 e. The Labute approximate surface area is 57.6 Å². The first-order valence-electron chi connectivity index (χ1n) is 3.36. The molecule has 0 aliphatic heterocycles. The topological polar surface area (TPSA) is 40.9 Å². The van der Waals surface area contributed by atoms with Crippen LogP contribution < -0.4 is 0 Å². The third-order valence-electron chi connectivity index (χ3n) is 1.07. The van der Waals surface area contributed by atoms with Gasteiger partial charge in [-0.1, -0.05) is 13.8 Å². The van der Waals surface area contributed by atoms with E-state index < -0.39 is 9.73 Å². The molecule has 56 valence electrons. The predicted octanol–water partition coefficient (Wildman–Crippen LogP) is 1.85. The molecule has 0 saturated heterocycles. The first-order valence-corrected chi connectivity index (χ1v) is 5.26. The second-order valence-corrected chi connectivity index (χ2v) is 4.66. The maximum absolute atomic E-state index is 11.1. The van der Waals surface area contributed by atoms with Crippen molar-refractivity contribution in [2.24, 2.45) is 0 Å². The summed E-state index contributed by atoms with van der Waals surface area (Å²) in [5.41, 5.74) is 0. The van der Waals surface area contributed by atoms with Crippen molar-refractivity contribution in [1.29, 1.82) is 4.78 Å². The summed E-state index contributed by atoms with van der Waals surface area (Å²) in [4.78, 5) is 0. The molecule has 1 N–H and O–H groups in total. The Hall–Kier alpha value is -0.0500. The third kappa shape index (κ3) is 4.45. The minimum absolute atomic E-state index is 0.570. The third-order valence-corrected chi connectivity index (χ3v) is 3.20. The van der Waals surface area contributed by atoms with E-state index in [1.165, 1.54) is 0 Å². The minimum atomic E-state index is -2.18. The van der Waals surface area contributed by atoms with E-state index in [1.54, 1.807) is 0 Å². The molecule has 0 heterocycles. The Morgan fingerprint density at radius 3 is 1.78 bits per heavy atom. The summed E-state index contributed by atoms with van der Waals surface area (Å²) >= 11 is 0. The van der Waals surface area contributed by atoms with Gasteiger partial charge in [0.1, 0.15) is 0 Å². The van der Waals surface area contributed by atoms with E-state index in [0.29, 0.717) is 11.5 Å². The lowest BCUT2D eigenvalue weighted by molar-refractivity contribution is 0.672. The Morgan fingerprint density at radius 1 is 1.22 bits per heavy atom. The lowest BCUT2D eigenvalue weighted by Crippen LogP contribution is -2.07. The van der Waals surface area contributed by atoms with Gasteiger partial charge in [0.15, 0.2) is 0 Å². The van der Waals surface area contributed by atoms with E-state index in [4.69, 9.17) is 4.78 Å². The highest BCUT2D eigenvalue weighted by atomic mass is 32.2. The van der Waals surface area contributed by atoms with Gasteiger partial charge in [0, 0.05) is 21.2 Å². The molecule has 0 aromatic carbocycles. The number of hydrogen-bond donors (Lipinski definition) is 1. The summed E-state index contributed by atoms with van der Waals surface area (Å²) in [5.74, 6) is 1.14. The zero-order chi connectivity index (χ0) is 7.33. The summed E-state index contributed by atoms with van der Waals surface area (Å²) in [6.07, 6.45) is 1.73. The van der Waals surface area contributed by atoms with E-state index in [0.717, 1.165) is 12.8 Å². The second kappa shape index (κ2) is 3.88. The molecule has 0 fully saturated rings. The van der Waals surface area contributed by atoms with Gasteiger partial charge in [-0.15, -0.1) is 0 Å². The zero-order valence-electron chi connectivity index (χ0n) is 6.14. The Morgan fingerprint density at radius 2 is 1.56 bits per heavy atom. The van der Waals surface area contributed by atoms with Crippen molar-refractivity contribution in [3.63, 3.8) is 0 Å². The van der Waals surface area contributed by atoms with Crippen molar-refractivity contribution in [3.05, 3.63) is 0 Å². The SMILES string of the molecule is CCCS(=N)(=O)CCC. The van der Waals surface area contributed by atoms with E-state index in [1.807, 2.05) is 13.8 Å². The van der Waals surface area contributed by atoms with E-state index in [-0.39, 0.29) is 0 Å². The molecule has 0 bridgehead atoms. The number of nitrogens with one attached hydrogen (secondary N) is 1. The van der Waals surface area contributed by atoms with Gasteiger partial charge in [0.05, 0.1) is 0 Å². The van der Waals surface area contributed by atoms with Gasteiger partial charge < -0.3 is 0 Å².